The fourth-order valence-electron chi connectivity index (χ4n) is 0.980. The van der Waals surface area contributed by atoms with Gasteiger partial charge in [-0.2, -0.15) is 0 Å². The van der Waals surface area contributed by atoms with Crippen molar-refractivity contribution >= 4 is 6.08 Å². The first kappa shape index (κ1) is 9.75. The van der Waals surface area contributed by atoms with Gasteiger partial charge in [0.25, 0.3) is 0 Å². The molecule has 0 amide bonds. The molecule has 0 aliphatic heterocycles. The lowest BCUT2D eigenvalue weighted by molar-refractivity contribution is 0.302. The molecule has 0 saturated heterocycles. The second kappa shape index (κ2) is 6.21. The maximum absolute atomic E-state index is 8.51. The van der Waals surface area contributed by atoms with Crippen molar-refractivity contribution in [3.8, 4) is 0 Å². The van der Waals surface area contributed by atoms with E-state index >= 15 is 0 Å². The highest BCUT2D eigenvalue weighted by atomic mass is 16.2. The zero-order valence-corrected chi connectivity index (χ0v) is 7.56. The van der Waals surface area contributed by atoms with Crippen molar-refractivity contribution in [1.82, 2.24) is 0 Å². The Balaban J connectivity index is 2.41. The van der Waals surface area contributed by atoms with Gasteiger partial charge in [-0.3, -0.25) is 0 Å². The van der Waals surface area contributed by atoms with Crippen LogP contribution >= 0.6 is 0 Å². The minimum absolute atomic E-state index is 0.218. The Hall–Kier alpha value is -1.34. The normalized spacial score (nSPS) is 11.5. The molecule has 13 heavy (non-hydrogen) atoms. The molecule has 0 unspecified atom stereocenters. The third kappa shape index (κ3) is 4.28. The lowest BCUT2D eigenvalue weighted by Gasteiger charge is -1.88. The molecule has 0 aromatic heterocycles. The summed E-state index contributed by atoms with van der Waals surface area (Å²) in [5, 5.41) is 8.51. The van der Waals surface area contributed by atoms with E-state index in [-0.39, 0.29) is 6.61 Å². The van der Waals surface area contributed by atoms with Crippen LogP contribution in [0, 0.1) is 0 Å². The van der Waals surface area contributed by atoms with E-state index in [1.54, 1.807) is 0 Å². The molecule has 68 valence electrons. The van der Waals surface area contributed by atoms with Gasteiger partial charge in [-0.15, -0.1) is 0 Å². The van der Waals surface area contributed by atoms with Gasteiger partial charge in [-0.05, 0) is 12.0 Å². The Bertz CT molecular complexity index is 272. The van der Waals surface area contributed by atoms with Crippen molar-refractivity contribution < 1.29 is 5.11 Å². The summed E-state index contributed by atoms with van der Waals surface area (Å²) in [6.45, 7) is 0.218. The van der Waals surface area contributed by atoms with Crippen molar-refractivity contribution in [2.75, 3.05) is 6.61 Å². The molecule has 0 heterocycles. The molecule has 1 aromatic carbocycles. The van der Waals surface area contributed by atoms with Crippen LogP contribution in [0.5, 0.6) is 0 Å². The average molecular weight is 174 g/mol. The molecule has 1 rings (SSSR count). The molecule has 0 saturated carbocycles. The molecule has 0 aliphatic carbocycles. The zero-order chi connectivity index (χ0) is 9.36. The highest BCUT2D eigenvalue weighted by Crippen LogP contribution is 2.00. The molecule has 0 radical (unpaired) electrons. The molecule has 0 bridgehead atoms. The summed E-state index contributed by atoms with van der Waals surface area (Å²) in [4.78, 5) is 0. The van der Waals surface area contributed by atoms with Gasteiger partial charge in [0.15, 0.2) is 0 Å². The Kier molecular flexibility index (Phi) is 4.65. The molecule has 0 spiro atoms. The lowest BCUT2D eigenvalue weighted by Crippen LogP contribution is -1.74. The van der Waals surface area contributed by atoms with E-state index in [4.69, 9.17) is 5.11 Å². The van der Waals surface area contributed by atoms with Gasteiger partial charge in [0, 0.05) is 6.61 Å². The van der Waals surface area contributed by atoms with Crippen molar-refractivity contribution in [3.63, 3.8) is 0 Å². The van der Waals surface area contributed by atoms with Crippen LogP contribution in [0.3, 0.4) is 0 Å². The van der Waals surface area contributed by atoms with Crippen LogP contribution in [0.15, 0.2) is 48.6 Å². The molecule has 1 heteroatoms. The number of hydrogen-bond donors (Lipinski definition) is 1. The molecular formula is C12H14O. The number of aliphatic hydroxyl groups is 1. The molecular weight excluding hydrogens is 160 g/mol. The van der Waals surface area contributed by atoms with Crippen LogP contribution in [0.4, 0.5) is 0 Å². The van der Waals surface area contributed by atoms with Crippen molar-refractivity contribution in [2.45, 2.75) is 6.42 Å². The quantitative estimate of drug-likeness (QED) is 0.696. The predicted molar refractivity (Wildman–Crippen MR) is 56.3 cm³/mol. The standard InChI is InChI=1S/C12H14O/c13-11-7-2-1-4-8-12-9-5-3-6-10-12/h1-6,8-10,13H,7,11H2/b2-1+,8-4+. The van der Waals surface area contributed by atoms with Crippen LogP contribution in [-0.4, -0.2) is 11.7 Å². The van der Waals surface area contributed by atoms with Gasteiger partial charge in [-0.25, -0.2) is 0 Å². The molecule has 0 fully saturated rings. The van der Waals surface area contributed by atoms with Gasteiger partial charge >= 0.3 is 0 Å². The summed E-state index contributed by atoms with van der Waals surface area (Å²) in [7, 11) is 0. The smallest absolute Gasteiger partial charge is 0.0465 e. The van der Waals surface area contributed by atoms with Crippen LogP contribution < -0.4 is 0 Å². The van der Waals surface area contributed by atoms with Crippen molar-refractivity contribution in [2.24, 2.45) is 0 Å². The molecule has 0 atom stereocenters. The van der Waals surface area contributed by atoms with E-state index in [2.05, 4.69) is 12.1 Å². The monoisotopic (exact) mass is 174 g/mol. The Morgan fingerprint density at radius 1 is 1.08 bits per heavy atom. The Morgan fingerprint density at radius 3 is 2.54 bits per heavy atom. The number of benzene rings is 1. The van der Waals surface area contributed by atoms with Crippen LogP contribution in [0.2, 0.25) is 0 Å². The molecule has 1 aromatic rings. The lowest BCUT2D eigenvalue weighted by atomic mass is 10.2. The van der Waals surface area contributed by atoms with E-state index in [0.29, 0.717) is 0 Å². The summed E-state index contributed by atoms with van der Waals surface area (Å²) in [6, 6.07) is 10.1. The highest BCUT2D eigenvalue weighted by Gasteiger charge is 1.79. The Morgan fingerprint density at radius 2 is 1.85 bits per heavy atom. The van der Waals surface area contributed by atoms with Crippen molar-refractivity contribution in [1.29, 1.82) is 0 Å². The second-order valence-corrected chi connectivity index (χ2v) is 2.71. The van der Waals surface area contributed by atoms with Gasteiger partial charge in [-0.1, -0.05) is 54.6 Å². The first-order valence-electron chi connectivity index (χ1n) is 4.42. The third-order valence-electron chi connectivity index (χ3n) is 1.63. The topological polar surface area (TPSA) is 20.2 Å². The molecule has 1 N–H and O–H groups in total. The maximum Gasteiger partial charge on any atom is 0.0465 e. The van der Waals surface area contributed by atoms with Crippen LogP contribution in [0.25, 0.3) is 6.08 Å². The molecule has 1 nitrogen and oxygen atoms in total. The van der Waals surface area contributed by atoms with Gasteiger partial charge < -0.3 is 5.11 Å². The van der Waals surface area contributed by atoms with E-state index in [0.717, 1.165) is 6.42 Å². The summed E-state index contributed by atoms with van der Waals surface area (Å²) in [6.07, 6.45) is 8.63. The Labute approximate surface area is 79.0 Å². The largest absolute Gasteiger partial charge is 0.396 e. The third-order valence-corrected chi connectivity index (χ3v) is 1.63. The number of rotatable bonds is 4. The number of aliphatic hydroxyl groups excluding tert-OH is 1. The summed E-state index contributed by atoms with van der Waals surface area (Å²) in [5.74, 6) is 0. The zero-order valence-electron chi connectivity index (χ0n) is 7.56. The summed E-state index contributed by atoms with van der Waals surface area (Å²) >= 11 is 0. The van der Waals surface area contributed by atoms with Gasteiger partial charge in [0.1, 0.15) is 0 Å². The molecule has 0 aliphatic rings. The van der Waals surface area contributed by atoms with Crippen LogP contribution in [-0.2, 0) is 0 Å². The fraction of sp³-hybridized carbons (Fsp3) is 0.167. The number of hydrogen-bond acceptors (Lipinski definition) is 1. The second-order valence-electron chi connectivity index (χ2n) is 2.71. The first-order chi connectivity index (χ1) is 6.43. The van der Waals surface area contributed by atoms with Crippen LogP contribution in [0.1, 0.15) is 12.0 Å². The SMILES string of the molecule is OCC/C=C/C=C/c1ccccc1. The predicted octanol–water partition coefficient (Wildman–Crippen LogP) is 2.64. The maximum atomic E-state index is 8.51. The van der Waals surface area contributed by atoms with Gasteiger partial charge in [0.2, 0.25) is 0 Å². The van der Waals surface area contributed by atoms with Gasteiger partial charge in [0.05, 0.1) is 0 Å². The van der Waals surface area contributed by atoms with E-state index in [1.807, 2.05) is 42.5 Å². The first-order valence-corrected chi connectivity index (χ1v) is 4.42. The fourth-order valence-corrected chi connectivity index (χ4v) is 0.980. The van der Waals surface area contributed by atoms with Crippen molar-refractivity contribution in [3.05, 3.63) is 54.1 Å². The minimum Gasteiger partial charge on any atom is -0.396 e. The van der Waals surface area contributed by atoms with E-state index < -0.39 is 0 Å². The minimum atomic E-state index is 0.218. The van der Waals surface area contributed by atoms with E-state index in [1.165, 1.54) is 5.56 Å². The number of allylic oxidation sites excluding steroid dienone is 2. The highest BCUT2D eigenvalue weighted by molar-refractivity contribution is 5.50. The summed E-state index contributed by atoms with van der Waals surface area (Å²) < 4.78 is 0. The average Bonchev–Trinajstić information content (AvgIpc) is 2.19. The van der Waals surface area contributed by atoms with E-state index in [9.17, 15) is 0 Å². The summed E-state index contributed by atoms with van der Waals surface area (Å²) in [5.41, 5.74) is 1.19.